The van der Waals surface area contributed by atoms with E-state index in [-0.39, 0.29) is 28.8 Å². The molecule has 1 aliphatic carbocycles. The van der Waals surface area contributed by atoms with Gasteiger partial charge in [0, 0.05) is 17.7 Å². The van der Waals surface area contributed by atoms with E-state index in [0.29, 0.717) is 0 Å². The highest BCUT2D eigenvalue weighted by molar-refractivity contribution is 5.94. The number of benzene rings is 1. The molecule has 1 aromatic carbocycles. The Morgan fingerprint density at radius 2 is 1.96 bits per heavy atom. The van der Waals surface area contributed by atoms with Crippen LogP contribution in [0.1, 0.15) is 54.9 Å². The quantitative estimate of drug-likeness (QED) is 0.507. The van der Waals surface area contributed by atoms with Gasteiger partial charge >= 0.3 is 5.97 Å². The number of nitro benzene ring substituents is 1. The number of ether oxygens (including phenoxy) is 1. The summed E-state index contributed by atoms with van der Waals surface area (Å²) in [7, 11) is 0. The Kier molecular flexibility index (Phi) is 5.89. The van der Waals surface area contributed by atoms with Crippen molar-refractivity contribution in [3.05, 3.63) is 39.4 Å². The molecule has 0 aliphatic heterocycles. The average molecular weight is 334 g/mol. The molecule has 0 saturated heterocycles. The summed E-state index contributed by atoms with van der Waals surface area (Å²) in [5.74, 6) is -1.07. The Balaban J connectivity index is 1.99. The fourth-order valence-corrected chi connectivity index (χ4v) is 2.89. The van der Waals surface area contributed by atoms with Gasteiger partial charge in [-0.2, -0.15) is 0 Å². The standard InChI is InChI=1S/C17H22N2O5/c1-11-14(9-6-10-15(11)19(22)23)17(21)24-12(2)16(20)18-13-7-4-3-5-8-13/h6,9-10,12-13H,3-5,7-8H2,1-2H3,(H,18,20)/t12-/m0/s1. The molecule has 2 rings (SSSR count). The monoisotopic (exact) mass is 334 g/mol. The summed E-state index contributed by atoms with van der Waals surface area (Å²) >= 11 is 0. The van der Waals surface area contributed by atoms with Gasteiger partial charge in [-0.1, -0.05) is 25.3 Å². The molecule has 1 amide bonds. The molecular weight excluding hydrogens is 312 g/mol. The van der Waals surface area contributed by atoms with Crippen molar-refractivity contribution in [2.24, 2.45) is 0 Å². The molecule has 7 heteroatoms. The molecule has 0 radical (unpaired) electrons. The molecule has 0 unspecified atom stereocenters. The first-order chi connectivity index (χ1) is 11.4. The second-order valence-electron chi connectivity index (χ2n) is 6.10. The zero-order chi connectivity index (χ0) is 17.7. The number of hydrogen-bond acceptors (Lipinski definition) is 5. The van der Waals surface area contributed by atoms with Gasteiger partial charge in [0.2, 0.25) is 0 Å². The summed E-state index contributed by atoms with van der Waals surface area (Å²) in [6.07, 6.45) is 4.30. The van der Waals surface area contributed by atoms with Crippen molar-refractivity contribution in [2.45, 2.75) is 58.1 Å². The van der Waals surface area contributed by atoms with E-state index in [1.165, 1.54) is 38.5 Å². The van der Waals surface area contributed by atoms with Gasteiger partial charge in [-0.3, -0.25) is 14.9 Å². The Morgan fingerprint density at radius 1 is 1.29 bits per heavy atom. The highest BCUT2D eigenvalue weighted by Gasteiger charge is 2.25. The minimum absolute atomic E-state index is 0.0986. The van der Waals surface area contributed by atoms with Gasteiger partial charge in [0.1, 0.15) is 0 Å². The maximum atomic E-state index is 12.2. The van der Waals surface area contributed by atoms with E-state index in [1.54, 1.807) is 0 Å². The van der Waals surface area contributed by atoms with Crippen LogP contribution in [0.15, 0.2) is 18.2 Å². The first-order valence-electron chi connectivity index (χ1n) is 8.15. The van der Waals surface area contributed by atoms with Crippen LogP contribution in [-0.2, 0) is 9.53 Å². The van der Waals surface area contributed by atoms with E-state index < -0.39 is 17.0 Å². The number of carbonyl (C=O) groups excluding carboxylic acids is 2. The molecule has 0 bridgehead atoms. The molecular formula is C17H22N2O5. The molecule has 1 atom stereocenters. The molecule has 1 N–H and O–H groups in total. The van der Waals surface area contributed by atoms with Crippen molar-refractivity contribution in [3.63, 3.8) is 0 Å². The third kappa shape index (κ3) is 4.31. The molecule has 0 aromatic heterocycles. The molecule has 24 heavy (non-hydrogen) atoms. The average Bonchev–Trinajstić information content (AvgIpc) is 2.55. The maximum Gasteiger partial charge on any atom is 0.339 e. The van der Waals surface area contributed by atoms with E-state index in [9.17, 15) is 19.7 Å². The lowest BCUT2D eigenvalue weighted by molar-refractivity contribution is -0.385. The van der Waals surface area contributed by atoms with Crippen LogP contribution >= 0.6 is 0 Å². The molecule has 0 spiro atoms. The Labute approximate surface area is 140 Å². The first-order valence-corrected chi connectivity index (χ1v) is 8.15. The molecule has 0 heterocycles. The van der Waals surface area contributed by atoms with Gasteiger partial charge in [-0.15, -0.1) is 0 Å². The van der Waals surface area contributed by atoms with Crippen LogP contribution in [0, 0.1) is 17.0 Å². The predicted molar refractivity (Wildman–Crippen MR) is 87.7 cm³/mol. The summed E-state index contributed by atoms with van der Waals surface area (Å²) in [5, 5.41) is 13.8. The van der Waals surface area contributed by atoms with Gasteiger partial charge in [0.05, 0.1) is 10.5 Å². The van der Waals surface area contributed by atoms with E-state index in [2.05, 4.69) is 5.32 Å². The third-order valence-electron chi connectivity index (χ3n) is 4.33. The third-order valence-corrected chi connectivity index (χ3v) is 4.33. The summed E-state index contributed by atoms with van der Waals surface area (Å²) in [6, 6.07) is 4.34. The van der Waals surface area contributed by atoms with Crippen molar-refractivity contribution in [2.75, 3.05) is 0 Å². The minimum atomic E-state index is -0.946. The molecule has 1 fully saturated rings. The Bertz CT molecular complexity index is 638. The maximum absolute atomic E-state index is 12.2. The number of nitrogens with one attached hydrogen (secondary N) is 1. The number of amides is 1. The lowest BCUT2D eigenvalue weighted by atomic mass is 9.95. The normalized spacial score (nSPS) is 16.2. The lowest BCUT2D eigenvalue weighted by Gasteiger charge is -2.24. The fourth-order valence-electron chi connectivity index (χ4n) is 2.89. The van der Waals surface area contributed by atoms with Crippen molar-refractivity contribution in [1.29, 1.82) is 0 Å². The zero-order valence-corrected chi connectivity index (χ0v) is 13.9. The SMILES string of the molecule is Cc1c(C(=O)O[C@@H](C)C(=O)NC2CCCCC2)cccc1[N+](=O)[O-]. The summed E-state index contributed by atoms with van der Waals surface area (Å²) in [6.45, 7) is 2.99. The molecule has 1 aliphatic rings. The molecule has 7 nitrogen and oxygen atoms in total. The van der Waals surface area contributed by atoms with Crippen LogP contribution in [0.3, 0.4) is 0 Å². The largest absolute Gasteiger partial charge is 0.449 e. The summed E-state index contributed by atoms with van der Waals surface area (Å²) < 4.78 is 5.18. The fraction of sp³-hybridized carbons (Fsp3) is 0.529. The summed E-state index contributed by atoms with van der Waals surface area (Å²) in [5.41, 5.74) is 0.178. The van der Waals surface area contributed by atoms with E-state index in [0.717, 1.165) is 25.7 Å². The number of rotatable bonds is 5. The smallest absolute Gasteiger partial charge is 0.339 e. The molecule has 130 valence electrons. The van der Waals surface area contributed by atoms with Crippen LogP contribution in [0.25, 0.3) is 0 Å². The highest BCUT2D eigenvalue weighted by atomic mass is 16.6. The van der Waals surface area contributed by atoms with Gasteiger partial charge in [-0.05, 0) is 32.8 Å². The topological polar surface area (TPSA) is 98.5 Å². The van der Waals surface area contributed by atoms with Gasteiger partial charge in [0.15, 0.2) is 6.10 Å². The van der Waals surface area contributed by atoms with Gasteiger partial charge in [-0.25, -0.2) is 4.79 Å². The van der Waals surface area contributed by atoms with Crippen LogP contribution < -0.4 is 5.32 Å². The van der Waals surface area contributed by atoms with Gasteiger partial charge in [0.25, 0.3) is 11.6 Å². The number of nitrogens with zero attached hydrogens (tertiary/aromatic N) is 1. The number of carbonyl (C=O) groups is 2. The summed E-state index contributed by atoms with van der Waals surface area (Å²) in [4.78, 5) is 34.8. The first kappa shape index (κ1) is 17.9. The number of nitro groups is 1. The van der Waals surface area contributed by atoms with E-state index >= 15 is 0 Å². The lowest BCUT2D eigenvalue weighted by Crippen LogP contribution is -2.42. The van der Waals surface area contributed by atoms with Crippen molar-refractivity contribution in [1.82, 2.24) is 5.32 Å². The number of hydrogen-bond donors (Lipinski definition) is 1. The van der Waals surface area contributed by atoms with Crippen LogP contribution in [0.4, 0.5) is 5.69 Å². The molecule has 1 aromatic rings. The van der Waals surface area contributed by atoms with E-state index in [4.69, 9.17) is 4.74 Å². The second-order valence-corrected chi connectivity index (χ2v) is 6.10. The minimum Gasteiger partial charge on any atom is -0.449 e. The van der Waals surface area contributed by atoms with Crippen molar-refractivity contribution in [3.8, 4) is 0 Å². The zero-order valence-electron chi connectivity index (χ0n) is 13.9. The van der Waals surface area contributed by atoms with Crippen LogP contribution in [0.2, 0.25) is 0 Å². The Hall–Kier alpha value is -2.44. The van der Waals surface area contributed by atoms with Crippen LogP contribution in [-0.4, -0.2) is 28.9 Å². The molecule has 1 saturated carbocycles. The van der Waals surface area contributed by atoms with Crippen LogP contribution in [0.5, 0.6) is 0 Å². The predicted octanol–water partition coefficient (Wildman–Crippen LogP) is 2.90. The van der Waals surface area contributed by atoms with Gasteiger partial charge < -0.3 is 10.1 Å². The van der Waals surface area contributed by atoms with Crippen molar-refractivity contribution >= 4 is 17.6 Å². The highest BCUT2D eigenvalue weighted by Crippen LogP contribution is 2.22. The van der Waals surface area contributed by atoms with E-state index in [1.807, 2.05) is 0 Å². The van der Waals surface area contributed by atoms with Crippen molar-refractivity contribution < 1.29 is 19.2 Å². The Morgan fingerprint density at radius 3 is 2.58 bits per heavy atom. The number of esters is 1. The second kappa shape index (κ2) is 7.90.